The fraction of sp³-hybridized carbons (Fsp3) is 0.0833. The van der Waals surface area contributed by atoms with Crippen molar-refractivity contribution >= 4 is 17.7 Å². The third-order valence-corrected chi connectivity index (χ3v) is 5.50. The van der Waals surface area contributed by atoms with E-state index in [-0.39, 0.29) is 11.7 Å². The van der Waals surface area contributed by atoms with Crippen LogP contribution in [0.15, 0.2) is 84.3 Å². The van der Waals surface area contributed by atoms with E-state index in [1.54, 1.807) is 30.6 Å². The summed E-state index contributed by atoms with van der Waals surface area (Å²) in [6.45, 7) is 2.03. The van der Waals surface area contributed by atoms with E-state index in [9.17, 15) is 4.79 Å². The van der Waals surface area contributed by atoms with Crippen LogP contribution in [-0.4, -0.2) is 26.5 Å². The quantitative estimate of drug-likeness (QED) is 0.250. The number of benzene rings is 3. The van der Waals surface area contributed by atoms with Gasteiger partial charge in [0.2, 0.25) is 0 Å². The minimum absolute atomic E-state index is 0.113. The van der Waals surface area contributed by atoms with E-state index in [1.165, 1.54) is 17.3 Å². The maximum atomic E-state index is 12.3. The van der Waals surface area contributed by atoms with Gasteiger partial charge in [-0.15, -0.1) is 10.2 Å². The van der Waals surface area contributed by atoms with Crippen LogP contribution in [0.25, 0.3) is 16.8 Å². The fourth-order valence-electron chi connectivity index (χ4n) is 2.94. The molecule has 0 saturated heterocycles. The zero-order valence-corrected chi connectivity index (χ0v) is 17.5. The Balaban J connectivity index is 1.36. The number of rotatable bonds is 6. The van der Waals surface area contributed by atoms with E-state index < -0.39 is 0 Å². The Labute approximate surface area is 184 Å². The number of carbonyl (C=O) groups is 1. The molecule has 0 aliphatic heterocycles. The second-order valence-electron chi connectivity index (χ2n) is 6.80. The molecule has 0 amide bonds. The minimum atomic E-state index is -0.366. The standard InChI is InChI=1S/C24H18N4O2S/c1-17-2-10-21(11-3-17)28-16-26-27-24(28)31-15-23(29)30-22-12-8-20(9-13-22)19-6-4-18(14-25)5-7-19/h2-13,16H,15H2,1H3. The summed E-state index contributed by atoms with van der Waals surface area (Å²) in [5.74, 6) is 0.222. The van der Waals surface area contributed by atoms with Gasteiger partial charge >= 0.3 is 5.97 Å². The summed E-state index contributed by atoms with van der Waals surface area (Å²) in [4.78, 5) is 12.3. The SMILES string of the molecule is Cc1ccc(-n2cnnc2SCC(=O)Oc2ccc(-c3ccc(C#N)cc3)cc2)cc1. The van der Waals surface area contributed by atoms with Gasteiger partial charge in [-0.3, -0.25) is 9.36 Å². The van der Waals surface area contributed by atoms with Crippen LogP contribution in [0, 0.1) is 18.3 Å². The molecule has 1 heterocycles. The zero-order valence-electron chi connectivity index (χ0n) is 16.7. The molecule has 1 aromatic heterocycles. The predicted octanol–water partition coefficient (Wildman–Crippen LogP) is 4.81. The van der Waals surface area contributed by atoms with E-state index in [1.807, 2.05) is 60.0 Å². The molecule has 4 aromatic rings. The molecule has 0 unspecified atom stereocenters. The summed E-state index contributed by atoms with van der Waals surface area (Å²) in [5.41, 5.74) is 4.68. The molecule has 4 rings (SSSR count). The van der Waals surface area contributed by atoms with Gasteiger partial charge in [0, 0.05) is 5.69 Å². The molecular weight excluding hydrogens is 408 g/mol. The highest BCUT2D eigenvalue weighted by Crippen LogP contribution is 2.24. The molecule has 152 valence electrons. The smallest absolute Gasteiger partial charge is 0.321 e. The normalized spacial score (nSPS) is 10.5. The first kappa shape index (κ1) is 20.4. The Morgan fingerprint density at radius 3 is 2.29 bits per heavy atom. The fourth-order valence-corrected chi connectivity index (χ4v) is 3.64. The lowest BCUT2D eigenvalue weighted by atomic mass is 10.0. The first-order chi connectivity index (χ1) is 15.1. The molecule has 0 fully saturated rings. The van der Waals surface area contributed by atoms with Crippen molar-refractivity contribution in [2.24, 2.45) is 0 Å². The molecule has 7 heteroatoms. The molecule has 0 saturated carbocycles. The van der Waals surface area contributed by atoms with Crippen LogP contribution in [0.2, 0.25) is 0 Å². The zero-order chi connectivity index (χ0) is 21.6. The Morgan fingerprint density at radius 2 is 1.65 bits per heavy atom. The summed E-state index contributed by atoms with van der Waals surface area (Å²) in [6.07, 6.45) is 1.63. The van der Waals surface area contributed by atoms with Crippen molar-refractivity contribution in [1.82, 2.24) is 14.8 Å². The van der Waals surface area contributed by atoms with Crippen LogP contribution in [0.5, 0.6) is 5.75 Å². The van der Waals surface area contributed by atoms with Gasteiger partial charge in [-0.05, 0) is 54.4 Å². The van der Waals surface area contributed by atoms with Crippen molar-refractivity contribution in [3.63, 3.8) is 0 Å². The van der Waals surface area contributed by atoms with Gasteiger partial charge in [0.1, 0.15) is 12.1 Å². The third-order valence-electron chi connectivity index (χ3n) is 4.58. The molecule has 6 nitrogen and oxygen atoms in total. The van der Waals surface area contributed by atoms with Crippen molar-refractivity contribution < 1.29 is 9.53 Å². The number of aryl methyl sites for hydroxylation is 1. The number of hydrogen-bond acceptors (Lipinski definition) is 6. The largest absolute Gasteiger partial charge is 0.426 e. The second-order valence-corrected chi connectivity index (χ2v) is 7.74. The number of esters is 1. The first-order valence-corrected chi connectivity index (χ1v) is 10.5. The van der Waals surface area contributed by atoms with E-state index in [0.717, 1.165) is 16.8 Å². The highest BCUT2D eigenvalue weighted by atomic mass is 32.2. The maximum absolute atomic E-state index is 12.3. The molecule has 0 aliphatic carbocycles. The Hall–Kier alpha value is -3.89. The van der Waals surface area contributed by atoms with Gasteiger partial charge < -0.3 is 4.74 Å². The molecule has 0 N–H and O–H groups in total. The number of thioether (sulfide) groups is 1. The third kappa shape index (κ3) is 5.00. The molecule has 0 aliphatic rings. The van der Waals surface area contributed by atoms with Gasteiger partial charge in [0.15, 0.2) is 5.16 Å². The number of aromatic nitrogens is 3. The van der Waals surface area contributed by atoms with Crippen LogP contribution < -0.4 is 4.74 Å². The lowest BCUT2D eigenvalue weighted by molar-refractivity contribution is -0.131. The van der Waals surface area contributed by atoms with Gasteiger partial charge in [0.25, 0.3) is 0 Å². The number of carbonyl (C=O) groups excluding carboxylic acids is 1. The van der Waals surface area contributed by atoms with Gasteiger partial charge in [0.05, 0.1) is 17.4 Å². The summed E-state index contributed by atoms with van der Waals surface area (Å²) >= 11 is 1.27. The molecule has 0 spiro atoms. The topological polar surface area (TPSA) is 80.8 Å². The van der Waals surface area contributed by atoms with Gasteiger partial charge in [-0.2, -0.15) is 5.26 Å². The van der Waals surface area contributed by atoms with E-state index in [2.05, 4.69) is 16.3 Å². The minimum Gasteiger partial charge on any atom is -0.426 e. The van der Waals surface area contributed by atoms with Crippen molar-refractivity contribution in [2.45, 2.75) is 12.1 Å². The van der Waals surface area contributed by atoms with Crippen LogP contribution in [-0.2, 0) is 4.79 Å². The van der Waals surface area contributed by atoms with E-state index >= 15 is 0 Å². The monoisotopic (exact) mass is 426 g/mol. The van der Waals surface area contributed by atoms with Crippen LogP contribution >= 0.6 is 11.8 Å². The van der Waals surface area contributed by atoms with Gasteiger partial charge in [-0.1, -0.05) is 53.7 Å². The molecule has 0 radical (unpaired) electrons. The summed E-state index contributed by atoms with van der Waals surface area (Å²) < 4.78 is 7.28. The summed E-state index contributed by atoms with van der Waals surface area (Å²) in [6, 6.07) is 24.7. The Morgan fingerprint density at radius 1 is 1.00 bits per heavy atom. The molecule has 3 aromatic carbocycles. The molecular formula is C24H18N4O2S. The Kier molecular flexibility index (Phi) is 6.11. The molecule has 31 heavy (non-hydrogen) atoms. The highest BCUT2D eigenvalue weighted by molar-refractivity contribution is 7.99. The summed E-state index contributed by atoms with van der Waals surface area (Å²) in [5, 5.41) is 17.6. The lowest BCUT2D eigenvalue weighted by Gasteiger charge is -2.08. The average Bonchev–Trinajstić information content (AvgIpc) is 3.27. The average molecular weight is 427 g/mol. The first-order valence-electron chi connectivity index (χ1n) is 9.53. The number of nitrogens with zero attached hydrogens (tertiary/aromatic N) is 4. The molecule has 0 bridgehead atoms. The predicted molar refractivity (Wildman–Crippen MR) is 119 cm³/mol. The van der Waals surface area contributed by atoms with Crippen molar-refractivity contribution in [2.75, 3.05) is 5.75 Å². The van der Waals surface area contributed by atoms with Crippen LogP contribution in [0.4, 0.5) is 0 Å². The Bertz CT molecular complexity index is 1220. The van der Waals surface area contributed by atoms with Crippen molar-refractivity contribution in [3.8, 4) is 28.6 Å². The lowest BCUT2D eigenvalue weighted by Crippen LogP contribution is -2.11. The van der Waals surface area contributed by atoms with Crippen LogP contribution in [0.3, 0.4) is 0 Å². The summed E-state index contributed by atoms with van der Waals surface area (Å²) in [7, 11) is 0. The van der Waals surface area contributed by atoms with Crippen LogP contribution in [0.1, 0.15) is 11.1 Å². The highest BCUT2D eigenvalue weighted by Gasteiger charge is 2.12. The number of ether oxygens (including phenoxy) is 1. The number of nitriles is 1. The number of hydrogen-bond donors (Lipinski definition) is 0. The van der Waals surface area contributed by atoms with E-state index in [4.69, 9.17) is 10.00 Å². The maximum Gasteiger partial charge on any atom is 0.321 e. The van der Waals surface area contributed by atoms with E-state index in [0.29, 0.717) is 16.5 Å². The van der Waals surface area contributed by atoms with Gasteiger partial charge in [-0.25, -0.2) is 0 Å². The second kappa shape index (κ2) is 9.28. The molecule has 0 atom stereocenters. The van der Waals surface area contributed by atoms with Crippen molar-refractivity contribution in [1.29, 1.82) is 5.26 Å². The van der Waals surface area contributed by atoms with Crippen molar-refractivity contribution in [3.05, 3.63) is 90.3 Å².